The highest BCUT2D eigenvalue weighted by Crippen LogP contribution is 2.27. The van der Waals surface area contributed by atoms with Gasteiger partial charge in [0.1, 0.15) is 11.6 Å². The standard InChI is InChI=1S/C26H33N3O4/c1-18(30)20-11-8-12-22(17-20)27-24(31)23(19-9-6-5-7-10-19)29-15-13-21(14-16-29)28-25(32)33-26(2,3)4/h5-12,17,21,23H,13-16H2,1-4H3,(H,27,31)(H,28,32). The molecular weight excluding hydrogens is 418 g/mol. The predicted molar refractivity (Wildman–Crippen MR) is 128 cm³/mol. The fraction of sp³-hybridized carbons (Fsp3) is 0.423. The van der Waals surface area contributed by atoms with Gasteiger partial charge in [0.05, 0.1) is 0 Å². The summed E-state index contributed by atoms with van der Waals surface area (Å²) in [5.41, 5.74) is 1.51. The van der Waals surface area contributed by atoms with Crippen molar-refractivity contribution in [2.45, 2.75) is 58.2 Å². The third-order valence-electron chi connectivity index (χ3n) is 5.52. The van der Waals surface area contributed by atoms with Crippen LogP contribution in [0.25, 0.3) is 0 Å². The first-order valence-electron chi connectivity index (χ1n) is 11.3. The molecule has 2 N–H and O–H groups in total. The van der Waals surface area contributed by atoms with Crippen LogP contribution >= 0.6 is 0 Å². The topological polar surface area (TPSA) is 87.7 Å². The van der Waals surface area contributed by atoms with Crippen molar-refractivity contribution in [1.82, 2.24) is 10.2 Å². The van der Waals surface area contributed by atoms with Gasteiger partial charge in [-0.1, -0.05) is 42.5 Å². The number of nitrogens with zero attached hydrogens (tertiary/aromatic N) is 1. The molecule has 1 heterocycles. The molecule has 1 atom stereocenters. The third-order valence-corrected chi connectivity index (χ3v) is 5.52. The van der Waals surface area contributed by atoms with Crippen LogP contribution in [0.15, 0.2) is 54.6 Å². The summed E-state index contributed by atoms with van der Waals surface area (Å²) in [7, 11) is 0. The van der Waals surface area contributed by atoms with Crippen molar-refractivity contribution in [3.05, 3.63) is 65.7 Å². The summed E-state index contributed by atoms with van der Waals surface area (Å²) < 4.78 is 5.36. The highest BCUT2D eigenvalue weighted by atomic mass is 16.6. The van der Waals surface area contributed by atoms with Gasteiger partial charge in [0.25, 0.3) is 0 Å². The molecule has 1 aliphatic heterocycles. The Labute approximate surface area is 195 Å². The van der Waals surface area contributed by atoms with Gasteiger partial charge in [-0.3, -0.25) is 14.5 Å². The van der Waals surface area contributed by atoms with Gasteiger partial charge in [0.2, 0.25) is 5.91 Å². The maximum Gasteiger partial charge on any atom is 0.407 e. The van der Waals surface area contributed by atoms with Gasteiger partial charge in [-0.25, -0.2) is 4.79 Å². The molecule has 0 bridgehead atoms. The molecule has 0 radical (unpaired) electrons. The number of anilines is 1. The van der Waals surface area contributed by atoms with Crippen LogP contribution in [-0.4, -0.2) is 47.4 Å². The van der Waals surface area contributed by atoms with Crippen molar-refractivity contribution in [3.8, 4) is 0 Å². The molecule has 2 amide bonds. The van der Waals surface area contributed by atoms with Crippen molar-refractivity contribution < 1.29 is 19.1 Å². The zero-order valence-corrected chi connectivity index (χ0v) is 19.8. The number of carbonyl (C=O) groups is 3. The number of nitrogens with one attached hydrogen (secondary N) is 2. The molecule has 176 valence electrons. The average molecular weight is 452 g/mol. The molecule has 0 spiro atoms. The molecule has 33 heavy (non-hydrogen) atoms. The van der Waals surface area contributed by atoms with Gasteiger partial charge >= 0.3 is 6.09 Å². The molecule has 1 unspecified atom stereocenters. The number of Topliss-reactive ketones (excluding diaryl/α,β-unsaturated/α-hetero) is 1. The molecule has 0 aromatic heterocycles. The number of amides is 2. The Hall–Kier alpha value is -3.19. The monoisotopic (exact) mass is 451 g/mol. The fourth-order valence-electron chi connectivity index (χ4n) is 3.97. The minimum absolute atomic E-state index is 0.00262. The molecule has 1 fully saturated rings. The Morgan fingerprint density at radius 3 is 2.27 bits per heavy atom. The summed E-state index contributed by atoms with van der Waals surface area (Å²) >= 11 is 0. The molecule has 0 aliphatic carbocycles. The first-order chi connectivity index (χ1) is 15.6. The maximum atomic E-state index is 13.4. The zero-order chi connectivity index (χ0) is 24.0. The molecule has 2 aromatic carbocycles. The normalized spacial score (nSPS) is 16.0. The van der Waals surface area contributed by atoms with E-state index in [1.807, 2.05) is 51.1 Å². The van der Waals surface area contributed by atoms with Gasteiger partial charge in [0, 0.05) is 30.4 Å². The van der Waals surface area contributed by atoms with Crippen LogP contribution in [0, 0.1) is 0 Å². The molecular formula is C26H33N3O4. The van der Waals surface area contributed by atoms with Gasteiger partial charge in [0.15, 0.2) is 5.78 Å². The number of ether oxygens (including phenoxy) is 1. The second kappa shape index (κ2) is 10.6. The van der Waals surface area contributed by atoms with E-state index in [0.717, 1.165) is 18.4 Å². The Morgan fingerprint density at radius 2 is 1.67 bits per heavy atom. The quantitative estimate of drug-likeness (QED) is 0.629. The Balaban J connectivity index is 1.70. The Bertz CT molecular complexity index is 977. The summed E-state index contributed by atoms with van der Waals surface area (Å²) in [6, 6.07) is 16.1. The smallest absolute Gasteiger partial charge is 0.407 e. The van der Waals surface area contributed by atoms with E-state index in [1.54, 1.807) is 24.3 Å². The van der Waals surface area contributed by atoms with Crippen molar-refractivity contribution in [3.63, 3.8) is 0 Å². The Morgan fingerprint density at radius 1 is 1.00 bits per heavy atom. The largest absolute Gasteiger partial charge is 0.444 e. The van der Waals surface area contributed by atoms with Gasteiger partial charge < -0.3 is 15.4 Å². The van der Waals surface area contributed by atoms with Crippen LogP contribution in [0.3, 0.4) is 0 Å². The SMILES string of the molecule is CC(=O)c1cccc(NC(=O)C(c2ccccc2)N2CCC(NC(=O)OC(C)(C)C)CC2)c1. The van der Waals surface area contributed by atoms with E-state index in [1.165, 1.54) is 6.92 Å². The highest BCUT2D eigenvalue weighted by Gasteiger charge is 2.32. The van der Waals surface area contributed by atoms with E-state index in [-0.39, 0.29) is 17.7 Å². The number of benzene rings is 2. The van der Waals surface area contributed by atoms with E-state index in [4.69, 9.17) is 4.74 Å². The molecule has 7 nitrogen and oxygen atoms in total. The molecule has 7 heteroatoms. The lowest BCUT2D eigenvalue weighted by Crippen LogP contribution is -2.48. The lowest BCUT2D eigenvalue weighted by atomic mass is 9.98. The van der Waals surface area contributed by atoms with E-state index >= 15 is 0 Å². The maximum absolute atomic E-state index is 13.4. The van der Waals surface area contributed by atoms with Crippen molar-refractivity contribution in [2.75, 3.05) is 18.4 Å². The highest BCUT2D eigenvalue weighted by molar-refractivity contribution is 5.98. The van der Waals surface area contributed by atoms with Crippen LogP contribution in [0.2, 0.25) is 0 Å². The van der Waals surface area contributed by atoms with Crippen LogP contribution in [-0.2, 0) is 9.53 Å². The number of alkyl carbamates (subject to hydrolysis) is 1. The summed E-state index contributed by atoms with van der Waals surface area (Å²) in [5, 5.41) is 5.92. The van der Waals surface area contributed by atoms with Gasteiger partial charge in [-0.05, 0) is 58.2 Å². The third kappa shape index (κ3) is 7.15. The number of hydrogen-bond donors (Lipinski definition) is 2. The lowest BCUT2D eigenvalue weighted by Gasteiger charge is -2.37. The first kappa shape index (κ1) is 24.5. The van der Waals surface area contributed by atoms with Crippen LogP contribution in [0.1, 0.15) is 62.5 Å². The summed E-state index contributed by atoms with van der Waals surface area (Å²) in [6.07, 6.45) is 1.02. The van der Waals surface area contributed by atoms with E-state index < -0.39 is 17.7 Å². The Kier molecular flexibility index (Phi) is 7.87. The molecule has 2 aromatic rings. The number of hydrogen-bond acceptors (Lipinski definition) is 5. The molecule has 3 rings (SSSR count). The second-order valence-electron chi connectivity index (χ2n) is 9.40. The van der Waals surface area contributed by atoms with E-state index in [2.05, 4.69) is 15.5 Å². The number of piperidine rings is 1. The fourth-order valence-corrected chi connectivity index (χ4v) is 3.97. The lowest BCUT2D eigenvalue weighted by molar-refractivity contribution is -0.122. The first-order valence-corrected chi connectivity index (χ1v) is 11.3. The minimum Gasteiger partial charge on any atom is -0.444 e. The second-order valence-corrected chi connectivity index (χ2v) is 9.40. The number of ketones is 1. The van der Waals surface area contributed by atoms with E-state index in [9.17, 15) is 14.4 Å². The van der Waals surface area contributed by atoms with Crippen LogP contribution < -0.4 is 10.6 Å². The van der Waals surface area contributed by atoms with Crippen LogP contribution in [0.5, 0.6) is 0 Å². The number of rotatable bonds is 6. The number of likely N-dealkylation sites (tertiary alicyclic amines) is 1. The summed E-state index contributed by atoms with van der Waals surface area (Å²) in [6.45, 7) is 8.32. The molecule has 0 saturated carbocycles. The van der Waals surface area contributed by atoms with Crippen molar-refractivity contribution in [1.29, 1.82) is 0 Å². The van der Waals surface area contributed by atoms with Crippen LogP contribution in [0.4, 0.5) is 10.5 Å². The van der Waals surface area contributed by atoms with E-state index in [0.29, 0.717) is 24.3 Å². The number of carbonyl (C=O) groups excluding carboxylic acids is 3. The molecule has 1 saturated heterocycles. The van der Waals surface area contributed by atoms with Gasteiger partial charge in [-0.2, -0.15) is 0 Å². The van der Waals surface area contributed by atoms with Crippen molar-refractivity contribution >= 4 is 23.5 Å². The molecule has 1 aliphatic rings. The van der Waals surface area contributed by atoms with Crippen molar-refractivity contribution in [2.24, 2.45) is 0 Å². The average Bonchev–Trinajstić information content (AvgIpc) is 2.75. The predicted octanol–water partition coefficient (Wildman–Crippen LogP) is 4.56. The summed E-state index contributed by atoms with van der Waals surface area (Å²) in [4.78, 5) is 39.3. The van der Waals surface area contributed by atoms with Gasteiger partial charge in [-0.15, -0.1) is 0 Å². The zero-order valence-electron chi connectivity index (χ0n) is 19.8. The summed E-state index contributed by atoms with van der Waals surface area (Å²) in [5.74, 6) is -0.203. The minimum atomic E-state index is -0.541.